The van der Waals surface area contributed by atoms with Crippen LogP contribution in [0.4, 0.5) is 21.2 Å². The van der Waals surface area contributed by atoms with E-state index in [1.165, 1.54) is 0 Å². The molecular formula is C44H57FN4O8Si. The number of carbonyl (C=O) groups is 3. The van der Waals surface area contributed by atoms with Crippen LogP contribution in [0, 0.1) is 5.92 Å². The molecule has 3 amide bonds. The van der Waals surface area contributed by atoms with Crippen LogP contribution >= 0.6 is 0 Å². The van der Waals surface area contributed by atoms with Crippen molar-refractivity contribution in [3.05, 3.63) is 77.4 Å². The number of halogens is 1. The van der Waals surface area contributed by atoms with Crippen LogP contribution in [0.15, 0.2) is 60.7 Å². The highest BCUT2D eigenvalue weighted by Crippen LogP contribution is 2.61. The molecule has 312 valence electrons. The quantitative estimate of drug-likeness (QED) is 0.0996. The molecule has 0 saturated carbocycles. The molecule has 3 aromatic rings. The molecule has 4 aliphatic heterocycles. The summed E-state index contributed by atoms with van der Waals surface area (Å²) in [6, 6.07) is 18.0. The number of fused-ring (bicyclic) bond motifs is 3. The molecule has 0 radical (unpaired) electrons. The number of aliphatic hydroxyl groups is 2. The van der Waals surface area contributed by atoms with E-state index in [0.29, 0.717) is 61.6 Å². The van der Waals surface area contributed by atoms with Gasteiger partial charge >= 0.3 is 0 Å². The van der Waals surface area contributed by atoms with E-state index in [2.05, 4.69) is 5.32 Å². The highest BCUT2D eigenvalue weighted by Gasteiger charge is 2.67. The molecule has 0 aromatic heterocycles. The van der Waals surface area contributed by atoms with E-state index in [1.54, 1.807) is 47.0 Å². The van der Waals surface area contributed by atoms with Gasteiger partial charge in [-0.25, -0.2) is 0 Å². The lowest BCUT2D eigenvalue weighted by Gasteiger charge is -2.35. The van der Waals surface area contributed by atoms with Crippen molar-refractivity contribution in [3.8, 4) is 11.5 Å². The van der Waals surface area contributed by atoms with Crippen LogP contribution in [0.3, 0.4) is 0 Å². The summed E-state index contributed by atoms with van der Waals surface area (Å²) in [4.78, 5) is 47.9. The maximum absolute atomic E-state index is 16.5. The molecule has 1 spiro atoms. The summed E-state index contributed by atoms with van der Waals surface area (Å²) in [6.07, 6.45) is 2.49. The summed E-state index contributed by atoms with van der Waals surface area (Å²) in [5.41, 5.74) is 2.27. The zero-order chi connectivity index (χ0) is 41.4. The first-order chi connectivity index (χ1) is 27.9. The molecule has 6 atom stereocenters. The standard InChI is InChI=1S/C44H57FN4O8Si/c1-6-56-34-16-17-37-30(22-34)23-36(46-19-7-8-21-50)42(53)49(37)31-13-11-29(12-14-31)26-48-38-18-15-33(55-3)24-35(38)44(43(48)54)28(2)41(58(4,5)45)39(57-44)25-40(52)47-20-9-10-32(47)27-51/h11-18,22,24,28,32,36,39,41,46,50-51H,6-10,19-21,23,25-27H2,1-5H3/t28-,32+,36?,39+,41-,44+/m1/s1. The SMILES string of the molecule is CCOc1ccc2c(c1)CC(NCCCCO)C(=O)N2c1ccc(CN2C(=O)[C@@]3(O[C@@H](CC(=O)N4CCC[C@H]4CO)[C@H]([Si](C)(C)F)[C@H]3C)c3cc(OC)ccc32)cc1. The molecule has 0 bridgehead atoms. The molecule has 0 aliphatic carbocycles. The molecule has 12 nitrogen and oxygen atoms in total. The van der Waals surface area contributed by atoms with Gasteiger partial charge in [-0.1, -0.05) is 19.1 Å². The number of amides is 3. The molecule has 4 aliphatic rings. The van der Waals surface area contributed by atoms with E-state index in [0.717, 1.165) is 35.4 Å². The van der Waals surface area contributed by atoms with Gasteiger partial charge in [0.2, 0.25) is 20.2 Å². The minimum Gasteiger partial charge on any atom is -0.497 e. The van der Waals surface area contributed by atoms with Crippen LogP contribution in [0.1, 0.15) is 62.6 Å². The fraction of sp³-hybridized carbons (Fsp3) is 0.523. The van der Waals surface area contributed by atoms with Crippen molar-refractivity contribution in [2.24, 2.45) is 5.92 Å². The second-order valence-corrected chi connectivity index (χ2v) is 20.3. The van der Waals surface area contributed by atoms with Gasteiger partial charge in [-0.15, -0.1) is 0 Å². The molecule has 2 fully saturated rings. The number of carbonyl (C=O) groups excluding carboxylic acids is 3. The topological polar surface area (TPSA) is 141 Å². The molecule has 3 aromatic carbocycles. The lowest BCUT2D eigenvalue weighted by molar-refractivity contribution is -0.150. The van der Waals surface area contributed by atoms with Crippen molar-refractivity contribution in [3.63, 3.8) is 0 Å². The van der Waals surface area contributed by atoms with Crippen LogP contribution in [-0.4, -0.2) is 99.4 Å². The van der Waals surface area contributed by atoms with Gasteiger partial charge in [-0.2, -0.15) is 0 Å². The number of rotatable bonds is 15. The number of hydrogen-bond donors (Lipinski definition) is 3. The van der Waals surface area contributed by atoms with Crippen LogP contribution in [0.5, 0.6) is 11.5 Å². The van der Waals surface area contributed by atoms with Crippen LogP contribution < -0.4 is 24.6 Å². The first-order valence-corrected chi connectivity index (χ1v) is 23.6. The van der Waals surface area contributed by atoms with Crippen LogP contribution in [-0.2, 0) is 37.7 Å². The molecular weight excluding hydrogens is 760 g/mol. The lowest BCUT2D eigenvalue weighted by atomic mass is 9.82. The Balaban J connectivity index is 1.18. The number of hydrogen-bond acceptors (Lipinski definition) is 9. The maximum Gasteiger partial charge on any atom is 0.264 e. The largest absolute Gasteiger partial charge is 0.497 e. The fourth-order valence-electron chi connectivity index (χ4n) is 9.81. The van der Waals surface area contributed by atoms with Crippen molar-refractivity contribution < 1.29 is 42.9 Å². The summed E-state index contributed by atoms with van der Waals surface area (Å²) in [6.45, 7) is 8.83. The number of anilines is 3. The summed E-state index contributed by atoms with van der Waals surface area (Å²) in [5.74, 6) is 0.0769. The van der Waals surface area contributed by atoms with Crippen molar-refractivity contribution in [1.29, 1.82) is 0 Å². The Morgan fingerprint density at radius 2 is 1.78 bits per heavy atom. The Morgan fingerprint density at radius 3 is 2.47 bits per heavy atom. The minimum atomic E-state index is -3.52. The molecule has 14 heteroatoms. The Kier molecular flexibility index (Phi) is 12.3. The summed E-state index contributed by atoms with van der Waals surface area (Å²) < 4.78 is 34.7. The summed E-state index contributed by atoms with van der Waals surface area (Å²) in [5, 5.41) is 22.6. The first kappa shape index (κ1) is 41.8. The van der Waals surface area contributed by atoms with E-state index in [-0.39, 0.29) is 49.9 Å². The molecule has 1 unspecified atom stereocenters. The Hall–Kier alpha value is -4.34. The van der Waals surface area contributed by atoms with Crippen molar-refractivity contribution >= 4 is 43.2 Å². The molecule has 58 heavy (non-hydrogen) atoms. The Bertz CT molecular complexity index is 1990. The van der Waals surface area contributed by atoms with E-state index in [1.807, 2.05) is 62.4 Å². The van der Waals surface area contributed by atoms with E-state index in [4.69, 9.17) is 14.2 Å². The van der Waals surface area contributed by atoms with Gasteiger partial charge in [0.05, 0.1) is 62.9 Å². The molecule has 4 heterocycles. The van der Waals surface area contributed by atoms with Gasteiger partial charge in [0.25, 0.3) is 5.91 Å². The zero-order valence-corrected chi connectivity index (χ0v) is 35.2. The van der Waals surface area contributed by atoms with Crippen molar-refractivity contribution in [2.45, 2.75) is 101 Å². The third-order valence-electron chi connectivity index (χ3n) is 12.5. The normalized spacial score (nSPS) is 25.4. The average molecular weight is 817 g/mol. The predicted molar refractivity (Wildman–Crippen MR) is 222 cm³/mol. The van der Waals surface area contributed by atoms with Gasteiger partial charge in [-0.05, 0) is 118 Å². The second-order valence-electron chi connectivity index (χ2n) is 16.5. The number of unbranched alkanes of at least 4 members (excludes halogenated alkanes) is 1. The van der Waals surface area contributed by atoms with Gasteiger partial charge < -0.3 is 43.6 Å². The maximum atomic E-state index is 16.5. The highest BCUT2D eigenvalue weighted by molar-refractivity contribution is 6.72. The zero-order valence-electron chi connectivity index (χ0n) is 34.2. The van der Waals surface area contributed by atoms with Crippen LogP contribution in [0.25, 0.3) is 0 Å². The molecule has 3 N–H and O–H groups in total. The number of benzene rings is 3. The smallest absolute Gasteiger partial charge is 0.264 e. The lowest BCUT2D eigenvalue weighted by Crippen LogP contribution is -2.49. The molecule has 7 rings (SSSR count). The number of likely N-dealkylation sites (tertiary alicyclic amines) is 1. The third-order valence-corrected chi connectivity index (χ3v) is 15.0. The summed E-state index contributed by atoms with van der Waals surface area (Å²) in [7, 11) is -1.97. The van der Waals surface area contributed by atoms with Gasteiger partial charge in [-0.3, -0.25) is 19.3 Å². The van der Waals surface area contributed by atoms with E-state index < -0.39 is 37.6 Å². The highest BCUT2D eigenvalue weighted by atomic mass is 28.4. The first-order valence-electron chi connectivity index (χ1n) is 20.7. The Labute approximate surface area is 341 Å². The van der Waals surface area contributed by atoms with Gasteiger partial charge in [0.15, 0.2) is 5.60 Å². The van der Waals surface area contributed by atoms with E-state index >= 15 is 8.90 Å². The summed E-state index contributed by atoms with van der Waals surface area (Å²) >= 11 is 0. The Morgan fingerprint density at radius 1 is 1.03 bits per heavy atom. The second kappa shape index (κ2) is 17.1. The number of methoxy groups -OCH3 is 1. The fourth-order valence-corrected chi connectivity index (χ4v) is 12.3. The minimum absolute atomic E-state index is 0.0774. The third kappa shape index (κ3) is 7.65. The number of ether oxygens (including phenoxy) is 3. The molecule has 2 saturated heterocycles. The predicted octanol–water partition coefficient (Wildman–Crippen LogP) is 5.74. The number of nitrogens with one attached hydrogen (secondary N) is 1. The van der Waals surface area contributed by atoms with E-state index in [9.17, 15) is 19.8 Å². The monoisotopic (exact) mass is 816 g/mol. The number of nitrogens with zero attached hydrogens (tertiary/aromatic N) is 3. The van der Waals surface area contributed by atoms with Crippen molar-refractivity contribution in [1.82, 2.24) is 10.2 Å². The average Bonchev–Trinajstić information content (AvgIpc) is 3.87. The van der Waals surface area contributed by atoms with Crippen molar-refractivity contribution in [2.75, 3.05) is 49.8 Å². The van der Waals surface area contributed by atoms with Gasteiger partial charge in [0, 0.05) is 35.9 Å². The van der Waals surface area contributed by atoms with Gasteiger partial charge in [0.1, 0.15) is 11.5 Å². The van der Waals surface area contributed by atoms with Crippen LogP contribution in [0.2, 0.25) is 18.6 Å². The number of aliphatic hydroxyl groups excluding tert-OH is 2.